The lowest BCUT2D eigenvalue weighted by Crippen LogP contribution is -2.38. The van der Waals surface area contributed by atoms with Gasteiger partial charge in [-0.3, -0.25) is 4.79 Å². The third-order valence-electron chi connectivity index (χ3n) is 2.54. The molecule has 110 valence electrons. The maximum atomic E-state index is 11.8. The minimum absolute atomic E-state index is 0.192. The first-order valence-electron chi connectivity index (χ1n) is 5.94. The second kappa shape index (κ2) is 7.42. The van der Waals surface area contributed by atoms with Crippen LogP contribution in [0.5, 0.6) is 0 Å². The van der Waals surface area contributed by atoms with E-state index in [2.05, 4.69) is 11.9 Å². The molecule has 1 rings (SSSR count). The van der Waals surface area contributed by atoms with E-state index in [1.54, 1.807) is 24.3 Å². The molecule has 1 N–H and O–H groups in total. The van der Waals surface area contributed by atoms with E-state index in [0.29, 0.717) is 10.6 Å². The number of rotatable bonds is 7. The average Bonchev–Trinajstić information content (AvgIpc) is 2.36. The van der Waals surface area contributed by atoms with Gasteiger partial charge < -0.3 is 5.32 Å². The smallest absolute Gasteiger partial charge is 0.251 e. The van der Waals surface area contributed by atoms with E-state index in [-0.39, 0.29) is 25.5 Å². The number of carbonyl (C=O) groups excluding carboxylic acids is 1. The van der Waals surface area contributed by atoms with Crippen molar-refractivity contribution in [2.45, 2.75) is 0 Å². The number of sulfonamides is 1. The molecule has 20 heavy (non-hydrogen) atoms. The van der Waals surface area contributed by atoms with Gasteiger partial charge in [0.05, 0.1) is 6.26 Å². The molecule has 0 aliphatic heterocycles. The van der Waals surface area contributed by atoms with Crippen LogP contribution in [0.2, 0.25) is 5.02 Å². The van der Waals surface area contributed by atoms with E-state index in [0.717, 1.165) is 6.26 Å². The summed E-state index contributed by atoms with van der Waals surface area (Å²) in [6, 6.07) is 6.54. The summed E-state index contributed by atoms with van der Waals surface area (Å²) in [6.45, 7) is 4.13. The highest BCUT2D eigenvalue weighted by Crippen LogP contribution is 2.10. The Morgan fingerprint density at radius 3 is 2.75 bits per heavy atom. The predicted molar refractivity (Wildman–Crippen MR) is 80.4 cm³/mol. The zero-order valence-electron chi connectivity index (χ0n) is 11.2. The molecule has 0 bridgehead atoms. The Morgan fingerprint density at radius 1 is 1.50 bits per heavy atom. The molecule has 5 nitrogen and oxygen atoms in total. The maximum Gasteiger partial charge on any atom is 0.251 e. The molecule has 0 spiro atoms. The van der Waals surface area contributed by atoms with Gasteiger partial charge in [0.2, 0.25) is 10.0 Å². The van der Waals surface area contributed by atoms with Crippen molar-refractivity contribution in [2.24, 2.45) is 0 Å². The van der Waals surface area contributed by atoms with Crippen LogP contribution in [-0.2, 0) is 10.0 Å². The van der Waals surface area contributed by atoms with Crippen molar-refractivity contribution in [3.05, 3.63) is 47.5 Å². The lowest BCUT2D eigenvalue weighted by atomic mass is 10.2. The Bertz CT molecular complexity index is 587. The van der Waals surface area contributed by atoms with Crippen LogP contribution >= 0.6 is 11.6 Å². The van der Waals surface area contributed by atoms with Gasteiger partial charge in [-0.05, 0) is 18.2 Å². The summed E-state index contributed by atoms with van der Waals surface area (Å²) in [5.41, 5.74) is 0.437. The van der Waals surface area contributed by atoms with Crippen LogP contribution < -0.4 is 5.32 Å². The van der Waals surface area contributed by atoms with Crippen molar-refractivity contribution in [3.8, 4) is 0 Å². The zero-order chi connectivity index (χ0) is 15.2. The second-order valence-electron chi connectivity index (χ2n) is 4.18. The van der Waals surface area contributed by atoms with Gasteiger partial charge in [0, 0.05) is 30.2 Å². The van der Waals surface area contributed by atoms with E-state index >= 15 is 0 Å². The minimum atomic E-state index is -3.31. The first-order chi connectivity index (χ1) is 9.34. The molecule has 0 aromatic heterocycles. The minimum Gasteiger partial charge on any atom is -0.351 e. The molecule has 0 aliphatic rings. The molecular formula is C13H17ClN2O3S. The molecule has 1 aromatic rings. The molecule has 0 radical (unpaired) electrons. The van der Waals surface area contributed by atoms with Crippen molar-refractivity contribution < 1.29 is 13.2 Å². The zero-order valence-corrected chi connectivity index (χ0v) is 12.7. The number of benzene rings is 1. The van der Waals surface area contributed by atoms with Crippen LogP contribution in [0.15, 0.2) is 36.9 Å². The summed E-state index contributed by atoms with van der Waals surface area (Å²) in [6.07, 6.45) is 2.62. The average molecular weight is 317 g/mol. The van der Waals surface area contributed by atoms with Crippen LogP contribution in [0.1, 0.15) is 10.4 Å². The van der Waals surface area contributed by atoms with Crippen LogP contribution in [0.4, 0.5) is 0 Å². The molecule has 1 amide bonds. The summed E-state index contributed by atoms with van der Waals surface area (Å²) in [4.78, 5) is 11.8. The normalized spacial score (nSPS) is 11.3. The topological polar surface area (TPSA) is 66.5 Å². The van der Waals surface area contributed by atoms with Crippen LogP contribution in [0.25, 0.3) is 0 Å². The fraction of sp³-hybridized carbons (Fsp3) is 0.308. The van der Waals surface area contributed by atoms with Gasteiger partial charge in [0.1, 0.15) is 0 Å². The first-order valence-corrected chi connectivity index (χ1v) is 8.17. The van der Waals surface area contributed by atoms with Crippen molar-refractivity contribution in [2.75, 3.05) is 25.9 Å². The summed E-state index contributed by atoms with van der Waals surface area (Å²) >= 11 is 5.80. The van der Waals surface area contributed by atoms with E-state index in [1.807, 2.05) is 0 Å². The number of hydrogen-bond acceptors (Lipinski definition) is 3. The van der Waals surface area contributed by atoms with Crippen molar-refractivity contribution in [3.63, 3.8) is 0 Å². The fourth-order valence-corrected chi connectivity index (χ4v) is 2.55. The van der Waals surface area contributed by atoms with Gasteiger partial charge in [-0.1, -0.05) is 23.7 Å². The lowest BCUT2D eigenvalue weighted by molar-refractivity contribution is 0.0952. The van der Waals surface area contributed by atoms with E-state index in [9.17, 15) is 13.2 Å². The summed E-state index contributed by atoms with van der Waals surface area (Å²) in [7, 11) is -3.31. The number of amides is 1. The first kappa shape index (κ1) is 16.7. The number of halogens is 1. The SMILES string of the molecule is C=CCN(CCNC(=O)c1cccc(Cl)c1)S(C)(=O)=O. The highest BCUT2D eigenvalue weighted by Gasteiger charge is 2.15. The van der Waals surface area contributed by atoms with Gasteiger partial charge in [0.25, 0.3) is 5.91 Å². The Kier molecular flexibility index (Phi) is 6.19. The van der Waals surface area contributed by atoms with Gasteiger partial charge in [0.15, 0.2) is 0 Å². The van der Waals surface area contributed by atoms with E-state index in [1.165, 1.54) is 10.4 Å². The van der Waals surface area contributed by atoms with Crippen LogP contribution in [0, 0.1) is 0 Å². The molecule has 0 aliphatic carbocycles. The molecule has 0 atom stereocenters. The predicted octanol–water partition coefficient (Wildman–Crippen LogP) is 1.52. The van der Waals surface area contributed by atoms with Gasteiger partial charge in [-0.25, -0.2) is 8.42 Å². The summed E-state index contributed by atoms with van der Waals surface area (Å²) in [5.74, 6) is -0.292. The van der Waals surface area contributed by atoms with Crippen LogP contribution in [0.3, 0.4) is 0 Å². The van der Waals surface area contributed by atoms with E-state index in [4.69, 9.17) is 11.6 Å². The Labute approximate surface area is 124 Å². The third-order valence-corrected chi connectivity index (χ3v) is 4.04. The maximum absolute atomic E-state index is 11.8. The van der Waals surface area contributed by atoms with E-state index < -0.39 is 10.0 Å². The van der Waals surface area contributed by atoms with Gasteiger partial charge >= 0.3 is 0 Å². The number of nitrogens with zero attached hydrogens (tertiary/aromatic N) is 1. The molecule has 0 unspecified atom stereocenters. The summed E-state index contributed by atoms with van der Waals surface area (Å²) < 4.78 is 24.2. The number of nitrogens with one attached hydrogen (secondary N) is 1. The molecule has 0 heterocycles. The Morgan fingerprint density at radius 2 is 2.20 bits per heavy atom. The third kappa shape index (κ3) is 5.32. The highest BCUT2D eigenvalue weighted by molar-refractivity contribution is 7.88. The molecule has 1 aromatic carbocycles. The highest BCUT2D eigenvalue weighted by atomic mass is 35.5. The van der Waals surface area contributed by atoms with Crippen molar-refractivity contribution in [1.29, 1.82) is 0 Å². The molecule has 7 heteroatoms. The molecule has 0 saturated carbocycles. The molecule has 0 saturated heterocycles. The largest absolute Gasteiger partial charge is 0.351 e. The lowest BCUT2D eigenvalue weighted by Gasteiger charge is -2.18. The van der Waals surface area contributed by atoms with Crippen molar-refractivity contribution >= 4 is 27.5 Å². The van der Waals surface area contributed by atoms with Crippen LogP contribution in [-0.4, -0.2) is 44.5 Å². The Hall–Kier alpha value is -1.37. The molecular weight excluding hydrogens is 300 g/mol. The fourth-order valence-electron chi connectivity index (χ4n) is 1.56. The molecule has 0 fully saturated rings. The number of carbonyl (C=O) groups is 1. The van der Waals surface area contributed by atoms with Gasteiger partial charge in [-0.15, -0.1) is 6.58 Å². The van der Waals surface area contributed by atoms with Crippen molar-refractivity contribution in [1.82, 2.24) is 9.62 Å². The number of hydrogen-bond donors (Lipinski definition) is 1. The monoisotopic (exact) mass is 316 g/mol. The second-order valence-corrected chi connectivity index (χ2v) is 6.59. The summed E-state index contributed by atoms with van der Waals surface area (Å²) in [5, 5.41) is 3.12. The Balaban J connectivity index is 2.55. The van der Waals surface area contributed by atoms with Gasteiger partial charge in [-0.2, -0.15) is 4.31 Å². The standard InChI is InChI=1S/C13H17ClN2O3S/c1-3-8-16(20(2,18)19)9-7-15-13(17)11-5-4-6-12(14)10-11/h3-6,10H,1,7-9H2,2H3,(H,15,17). The quantitative estimate of drug-likeness (QED) is 0.776.